The van der Waals surface area contributed by atoms with E-state index < -0.39 is 0 Å². The van der Waals surface area contributed by atoms with E-state index in [4.69, 9.17) is 0 Å². The fourth-order valence-corrected chi connectivity index (χ4v) is 3.99. The van der Waals surface area contributed by atoms with Gasteiger partial charge in [-0.2, -0.15) is 5.10 Å². The first-order chi connectivity index (χ1) is 11.2. The van der Waals surface area contributed by atoms with Gasteiger partial charge in [-0.1, -0.05) is 25.0 Å². The van der Waals surface area contributed by atoms with Gasteiger partial charge in [0.05, 0.1) is 6.21 Å². The van der Waals surface area contributed by atoms with Crippen LogP contribution in [0.25, 0.3) is 0 Å². The van der Waals surface area contributed by atoms with Crippen molar-refractivity contribution in [2.75, 3.05) is 18.0 Å². The lowest BCUT2D eigenvalue weighted by Crippen LogP contribution is -2.21. The van der Waals surface area contributed by atoms with Crippen LogP contribution in [0.5, 0.6) is 0 Å². The zero-order valence-corrected chi connectivity index (χ0v) is 14.2. The van der Waals surface area contributed by atoms with E-state index in [0.717, 1.165) is 18.7 Å². The number of hydrogen-bond acceptors (Lipinski definition) is 3. The number of carbonyl (C=O) groups excluding carboxylic acids is 1. The number of nitrogens with zero attached hydrogens (tertiary/aromatic N) is 2. The van der Waals surface area contributed by atoms with Crippen molar-refractivity contribution in [1.29, 1.82) is 0 Å². The SMILES string of the molecule is CCN(CC)c1ccc(C=NNC(=O)C2[C@H]3CCCC[C@@H]23)cc1. The third-order valence-corrected chi connectivity index (χ3v) is 5.37. The van der Waals surface area contributed by atoms with Gasteiger partial charge >= 0.3 is 0 Å². The Hall–Kier alpha value is -1.84. The minimum Gasteiger partial charge on any atom is -0.372 e. The van der Waals surface area contributed by atoms with Crippen molar-refractivity contribution in [3.8, 4) is 0 Å². The molecule has 0 saturated heterocycles. The zero-order chi connectivity index (χ0) is 16.2. The maximum Gasteiger partial charge on any atom is 0.243 e. The van der Waals surface area contributed by atoms with Crippen LogP contribution in [-0.2, 0) is 4.79 Å². The van der Waals surface area contributed by atoms with Crippen LogP contribution in [0, 0.1) is 17.8 Å². The molecule has 124 valence electrons. The van der Waals surface area contributed by atoms with Gasteiger partial charge in [-0.3, -0.25) is 4.79 Å². The standard InChI is InChI=1S/C19H27N3O/c1-3-22(4-2)15-11-9-14(10-12-15)13-20-21-19(23)18-16-7-5-6-8-17(16)18/h9-13,16-18H,3-8H2,1-2H3,(H,21,23)/t16-,17+,18?. The van der Waals surface area contributed by atoms with E-state index in [-0.39, 0.29) is 11.8 Å². The van der Waals surface area contributed by atoms with Gasteiger partial charge in [0.15, 0.2) is 0 Å². The summed E-state index contributed by atoms with van der Waals surface area (Å²) < 4.78 is 0. The van der Waals surface area contributed by atoms with Crippen molar-refractivity contribution in [2.24, 2.45) is 22.9 Å². The van der Waals surface area contributed by atoms with Crippen LogP contribution in [-0.4, -0.2) is 25.2 Å². The fraction of sp³-hybridized carbons (Fsp3) is 0.579. The molecule has 0 aromatic heterocycles. The number of nitrogens with one attached hydrogen (secondary N) is 1. The number of amides is 1. The van der Waals surface area contributed by atoms with Crippen molar-refractivity contribution in [3.05, 3.63) is 29.8 Å². The largest absolute Gasteiger partial charge is 0.372 e. The van der Waals surface area contributed by atoms with E-state index in [9.17, 15) is 4.79 Å². The van der Waals surface area contributed by atoms with Crippen molar-refractivity contribution in [2.45, 2.75) is 39.5 Å². The lowest BCUT2D eigenvalue weighted by atomic mass is 10.0. The molecule has 0 heterocycles. The van der Waals surface area contributed by atoms with Crippen molar-refractivity contribution in [1.82, 2.24) is 5.43 Å². The average molecular weight is 313 g/mol. The van der Waals surface area contributed by atoms with Gasteiger partial charge < -0.3 is 4.90 Å². The van der Waals surface area contributed by atoms with Crippen LogP contribution in [0.1, 0.15) is 45.1 Å². The predicted octanol–water partition coefficient (Wildman–Crippen LogP) is 3.42. The van der Waals surface area contributed by atoms with Gasteiger partial charge in [0, 0.05) is 24.7 Å². The summed E-state index contributed by atoms with van der Waals surface area (Å²) in [6.07, 6.45) is 6.74. The Morgan fingerprint density at radius 1 is 1.17 bits per heavy atom. The highest BCUT2D eigenvalue weighted by molar-refractivity contribution is 5.85. The summed E-state index contributed by atoms with van der Waals surface area (Å²) in [6, 6.07) is 8.29. The molecule has 0 radical (unpaired) electrons. The van der Waals surface area contributed by atoms with Crippen LogP contribution in [0.2, 0.25) is 0 Å². The van der Waals surface area contributed by atoms with Crippen molar-refractivity contribution >= 4 is 17.8 Å². The van der Waals surface area contributed by atoms with Crippen molar-refractivity contribution < 1.29 is 4.79 Å². The molecule has 1 N–H and O–H groups in total. The molecule has 2 aliphatic rings. The third kappa shape index (κ3) is 3.57. The molecule has 0 bridgehead atoms. The van der Waals surface area contributed by atoms with Crippen LogP contribution >= 0.6 is 0 Å². The number of fused-ring (bicyclic) bond motifs is 1. The third-order valence-electron chi connectivity index (χ3n) is 5.37. The molecule has 2 saturated carbocycles. The number of carbonyl (C=O) groups is 1. The summed E-state index contributed by atoms with van der Waals surface area (Å²) in [5, 5.41) is 4.14. The number of hydrogen-bond donors (Lipinski definition) is 1. The summed E-state index contributed by atoms with van der Waals surface area (Å²) in [6.45, 7) is 6.32. The number of hydrazone groups is 1. The lowest BCUT2D eigenvalue weighted by molar-refractivity contribution is -0.122. The Morgan fingerprint density at radius 3 is 2.35 bits per heavy atom. The molecular formula is C19H27N3O. The molecule has 4 nitrogen and oxygen atoms in total. The molecule has 23 heavy (non-hydrogen) atoms. The zero-order valence-electron chi connectivity index (χ0n) is 14.2. The summed E-state index contributed by atoms with van der Waals surface area (Å²) in [5.41, 5.74) is 4.96. The predicted molar refractivity (Wildman–Crippen MR) is 94.7 cm³/mol. The Bertz CT molecular complexity index is 550. The van der Waals surface area contributed by atoms with Crippen LogP contribution in [0.15, 0.2) is 29.4 Å². The van der Waals surface area contributed by atoms with Crippen LogP contribution in [0.3, 0.4) is 0 Å². The molecular weight excluding hydrogens is 286 g/mol. The van der Waals surface area contributed by atoms with E-state index in [2.05, 4.69) is 41.4 Å². The number of anilines is 1. The number of rotatable bonds is 6. The average Bonchev–Trinajstić information content (AvgIpc) is 3.32. The van der Waals surface area contributed by atoms with Gasteiger partial charge in [-0.25, -0.2) is 5.43 Å². The molecule has 1 aromatic rings. The topological polar surface area (TPSA) is 44.7 Å². The van der Waals surface area contributed by atoms with Gasteiger partial charge in [-0.05, 0) is 56.2 Å². The molecule has 1 aromatic carbocycles. The first-order valence-corrected chi connectivity index (χ1v) is 8.92. The minimum absolute atomic E-state index is 0.109. The van der Waals surface area contributed by atoms with Gasteiger partial charge in [-0.15, -0.1) is 0 Å². The molecule has 0 aliphatic heterocycles. The van der Waals surface area contributed by atoms with E-state index in [1.807, 2.05) is 12.1 Å². The Labute approximate surface area is 139 Å². The summed E-state index contributed by atoms with van der Waals surface area (Å²) in [4.78, 5) is 14.5. The molecule has 0 spiro atoms. The first-order valence-electron chi connectivity index (χ1n) is 8.92. The molecule has 2 fully saturated rings. The van der Waals surface area contributed by atoms with Gasteiger partial charge in [0.2, 0.25) is 5.91 Å². The lowest BCUT2D eigenvalue weighted by Gasteiger charge is -2.20. The van der Waals surface area contributed by atoms with E-state index >= 15 is 0 Å². The fourth-order valence-electron chi connectivity index (χ4n) is 3.99. The summed E-state index contributed by atoms with van der Waals surface area (Å²) >= 11 is 0. The van der Waals surface area contributed by atoms with Crippen LogP contribution < -0.4 is 10.3 Å². The maximum atomic E-state index is 12.2. The normalized spacial score (nSPS) is 25.9. The number of benzene rings is 1. The van der Waals surface area contributed by atoms with Crippen LogP contribution in [0.4, 0.5) is 5.69 Å². The highest BCUT2D eigenvalue weighted by Gasteiger charge is 2.54. The quantitative estimate of drug-likeness (QED) is 0.646. The molecule has 2 aliphatic carbocycles. The van der Waals surface area contributed by atoms with Crippen molar-refractivity contribution in [3.63, 3.8) is 0 Å². The highest BCUT2D eigenvalue weighted by Crippen LogP contribution is 2.55. The summed E-state index contributed by atoms with van der Waals surface area (Å²) in [7, 11) is 0. The van der Waals surface area contributed by atoms with Gasteiger partial charge in [0.1, 0.15) is 0 Å². The van der Waals surface area contributed by atoms with E-state index in [1.54, 1.807) is 6.21 Å². The highest BCUT2D eigenvalue weighted by atomic mass is 16.2. The minimum atomic E-state index is 0.109. The second kappa shape index (κ2) is 7.16. The molecule has 1 unspecified atom stereocenters. The summed E-state index contributed by atoms with van der Waals surface area (Å²) in [5.74, 6) is 1.59. The smallest absolute Gasteiger partial charge is 0.243 e. The van der Waals surface area contributed by atoms with Gasteiger partial charge in [0.25, 0.3) is 0 Å². The second-order valence-electron chi connectivity index (χ2n) is 6.64. The molecule has 3 atom stereocenters. The molecule has 1 amide bonds. The first kappa shape index (κ1) is 16.0. The monoisotopic (exact) mass is 313 g/mol. The van der Waals surface area contributed by atoms with E-state index in [0.29, 0.717) is 11.8 Å². The molecule has 4 heteroatoms. The Kier molecular flexibility index (Phi) is 4.99. The van der Waals surface area contributed by atoms with E-state index in [1.165, 1.54) is 31.4 Å². The Balaban J connectivity index is 1.51. The maximum absolute atomic E-state index is 12.2. The Morgan fingerprint density at radius 2 is 1.78 bits per heavy atom. The molecule has 3 rings (SSSR count). The second-order valence-corrected chi connectivity index (χ2v) is 6.64.